The van der Waals surface area contributed by atoms with Crippen molar-refractivity contribution >= 4 is 28.4 Å². The number of piperidine rings is 1. The Labute approximate surface area is 147 Å². The maximum absolute atomic E-state index is 11.8. The number of hydrogen-bond donors (Lipinski definition) is 3. The van der Waals surface area contributed by atoms with Gasteiger partial charge in [0.1, 0.15) is 0 Å². The largest absolute Gasteiger partial charge is 0.369 e. The standard InChI is InChI=1S/C19H24N4O2/c1-4-16(24)22-13-6-5-9-23(10-13)15-8-7-14(19(20)25)18-17(15)11(2)12(3)21-18/h4,7-8,13,21H,1,5-6,9-10H2,2-3H3,(H2,20,25)(H,22,24)/t13-/m1/s1. The maximum atomic E-state index is 11.8. The fourth-order valence-electron chi connectivity index (χ4n) is 3.61. The number of aryl methyl sites for hydroxylation is 2. The van der Waals surface area contributed by atoms with Crippen LogP contribution in [0.25, 0.3) is 10.9 Å². The second kappa shape index (κ2) is 6.63. The molecule has 1 aliphatic rings. The zero-order valence-corrected chi connectivity index (χ0v) is 14.7. The van der Waals surface area contributed by atoms with Gasteiger partial charge in [-0.3, -0.25) is 9.59 Å². The molecule has 6 heteroatoms. The van der Waals surface area contributed by atoms with Gasteiger partial charge in [0, 0.05) is 35.9 Å². The predicted molar refractivity (Wildman–Crippen MR) is 99.9 cm³/mol. The highest BCUT2D eigenvalue weighted by Gasteiger charge is 2.24. The molecular formula is C19H24N4O2. The van der Waals surface area contributed by atoms with Gasteiger partial charge in [0.25, 0.3) is 5.91 Å². The van der Waals surface area contributed by atoms with Gasteiger partial charge in [-0.25, -0.2) is 0 Å². The van der Waals surface area contributed by atoms with Crippen LogP contribution in [0.1, 0.15) is 34.5 Å². The molecule has 132 valence electrons. The number of aromatic nitrogens is 1. The monoisotopic (exact) mass is 340 g/mol. The van der Waals surface area contributed by atoms with Crippen LogP contribution in [0.2, 0.25) is 0 Å². The number of carbonyl (C=O) groups excluding carboxylic acids is 2. The van der Waals surface area contributed by atoms with Gasteiger partial charge in [-0.1, -0.05) is 6.58 Å². The van der Waals surface area contributed by atoms with Crippen molar-refractivity contribution in [1.82, 2.24) is 10.3 Å². The molecule has 1 fully saturated rings. The molecule has 0 spiro atoms. The van der Waals surface area contributed by atoms with Gasteiger partial charge in [0.05, 0.1) is 11.1 Å². The average Bonchev–Trinajstić information content (AvgIpc) is 2.89. The third kappa shape index (κ3) is 3.12. The Morgan fingerprint density at radius 2 is 2.16 bits per heavy atom. The first-order valence-corrected chi connectivity index (χ1v) is 8.52. The average molecular weight is 340 g/mol. The minimum absolute atomic E-state index is 0.0884. The molecule has 1 saturated heterocycles. The molecule has 6 nitrogen and oxygen atoms in total. The molecule has 1 aliphatic heterocycles. The fraction of sp³-hybridized carbons (Fsp3) is 0.368. The van der Waals surface area contributed by atoms with E-state index in [-0.39, 0.29) is 11.9 Å². The lowest BCUT2D eigenvalue weighted by molar-refractivity contribution is -0.117. The number of amides is 2. The first-order valence-electron chi connectivity index (χ1n) is 8.52. The number of nitrogens with zero attached hydrogens (tertiary/aromatic N) is 1. The first-order chi connectivity index (χ1) is 11.9. The van der Waals surface area contributed by atoms with Gasteiger partial charge in [0.15, 0.2) is 0 Å². The van der Waals surface area contributed by atoms with Crippen LogP contribution in [0.15, 0.2) is 24.8 Å². The Hall–Kier alpha value is -2.76. The molecule has 0 unspecified atom stereocenters. The lowest BCUT2D eigenvalue weighted by Crippen LogP contribution is -2.47. The molecule has 2 amide bonds. The molecule has 4 N–H and O–H groups in total. The van der Waals surface area contributed by atoms with E-state index in [0.29, 0.717) is 5.56 Å². The van der Waals surface area contributed by atoms with E-state index in [9.17, 15) is 9.59 Å². The van der Waals surface area contributed by atoms with Gasteiger partial charge >= 0.3 is 0 Å². The van der Waals surface area contributed by atoms with E-state index in [2.05, 4.69) is 21.8 Å². The van der Waals surface area contributed by atoms with E-state index in [4.69, 9.17) is 5.73 Å². The summed E-state index contributed by atoms with van der Waals surface area (Å²) in [4.78, 5) is 28.9. The quantitative estimate of drug-likeness (QED) is 0.745. The SMILES string of the molecule is C=CC(=O)N[C@@H]1CCCN(c2ccc(C(N)=O)c3[nH]c(C)c(C)c23)C1. The summed E-state index contributed by atoms with van der Waals surface area (Å²) in [6, 6.07) is 3.83. The van der Waals surface area contributed by atoms with Crippen LogP contribution in [-0.4, -0.2) is 35.9 Å². The highest BCUT2D eigenvalue weighted by atomic mass is 16.1. The second-order valence-corrected chi connectivity index (χ2v) is 6.62. The summed E-state index contributed by atoms with van der Waals surface area (Å²) in [7, 11) is 0. The van der Waals surface area contributed by atoms with Crippen LogP contribution in [0.4, 0.5) is 5.69 Å². The van der Waals surface area contributed by atoms with Crippen molar-refractivity contribution < 1.29 is 9.59 Å². The Balaban J connectivity index is 2.01. The van der Waals surface area contributed by atoms with Gasteiger partial charge in [-0.05, 0) is 50.5 Å². The van der Waals surface area contributed by atoms with E-state index in [0.717, 1.165) is 53.8 Å². The van der Waals surface area contributed by atoms with E-state index in [1.54, 1.807) is 6.07 Å². The number of nitrogens with two attached hydrogens (primary N) is 1. The molecule has 0 saturated carbocycles. The minimum atomic E-state index is -0.437. The highest BCUT2D eigenvalue weighted by Crippen LogP contribution is 2.34. The molecule has 2 heterocycles. The molecule has 0 aliphatic carbocycles. The molecule has 0 radical (unpaired) electrons. The van der Waals surface area contributed by atoms with Crippen molar-refractivity contribution in [3.05, 3.63) is 41.6 Å². The number of carbonyl (C=O) groups is 2. The third-order valence-corrected chi connectivity index (χ3v) is 4.99. The Morgan fingerprint density at radius 3 is 2.84 bits per heavy atom. The van der Waals surface area contributed by atoms with Crippen molar-refractivity contribution in [3.63, 3.8) is 0 Å². The number of hydrogen-bond acceptors (Lipinski definition) is 3. The van der Waals surface area contributed by atoms with Crippen molar-refractivity contribution in [2.24, 2.45) is 5.73 Å². The summed E-state index contributed by atoms with van der Waals surface area (Å²) in [5.41, 5.74) is 10.0. The summed E-state index contributed by atoms with van der Waals surface area (Å²) in [5.74, 6) is -0.581. The van der Waals surface area contributed by atoms with E-state index in [1.165, 1.54) is 6.08 Å². The number of H-pyrrole nitrogens is 1. The van der Waals surface area contributed by atoms with E-state index in [1.807, 2.05) is 19.9 Å². The lowest BCUT2D eigenvalue weighted by Gasteiger charge is -2.35. The molecule has 3 rings (SSSR count). The zero-order chi connectivity index (χ0) is 18.1. The number of aromatic amines is 1. The molecule has 1 aromatic heterocycles. The lowest BCUT2D eigenvalue weighted by atomic mass is 10.0. The van der Waals surface area contributed by atoms with Crippen LogP contribution in [0.5, 0.6) is 0 Å². The Morgan fingerprint density at radius 1 is 1.40 bits per heavy atom. The topological polar surface area (TPSA) is 91.2 Å². The van der Waals surface area contributed by atoms with Gasteiger partial charge in [0.2, 0.25) is 5.91 Å². The third-order valence-electron chi connectivity index (χ3n) is 4.99. The maximum Gasteiger partial charge on any atom is 0.250 e. The normalized spacial score (nSPS) is 17.5. The minimum Gasteiger partial charge on any atom is -0.369 e. The summed E-state index contributed by atoms with van der Waals surface area (Å²) < 4.78 is 0. The molecule has 2 aromatic rings. The van der Waals surface area contributed by atoms with Gasteiger partial charge in [-0.15, -0.1) is 0 Å². The number of nitrogens with one attached hydrogen (secondary N) is 2. The Kier molecular flexibility index (Phi) is 4.53. The number of anilines is 1. The number of benzene rings is 1. The van der Waals surface area contributed by atoms with Crippen LogP contribution in [-0.2, 0) is 4.79 Å². The van der Waals surface area contributed by atoms with Crippen LogP contribution >= 0.6 is 0 Å². The molecular weight excluding hydrogens is 316 g/mol. The number of primary amides is 1. The molecule has 25 heavy (non-hydrogen) atoms. The Bertz CT molecular complexity index is 853. The first kappa shape index (κ1) is 17.1. The molecule has 1 aromatic carbocycles. The second-order valence-electron chi connectivity index (χ2n) is 6.62. The van der Waals surface area contributed by atoms with Gasteiger partial charge in [-0.2, -0.15) is 0 Å². The highest BCUT2D eigenvalue weighted by molar-refractivity contribution is 6.10. The van der Waals surface area contributed by atoms with E-state index >= 15 is 0 Å². The van der Waals surface area contributed by atoms with Gasteiger partial charge < -0.3 is 20.9 Å². The van der Waals surface area contributed by atoms with Crippen LogP contribution in [0, 0.1) is 13.8 Å². The number of rotatable bonds is 4. The number of fused-ring (bicyclic) bond motifs is 1. The van der Waals surface area contributed by atoms with Crippen LogP contribution < -0.4 is 16.0 Å². The molecule has 1 atom stereocenters. The summed E-state index contributed by atoms with van der Waals surface area (Å²) in [5, 5.41) is 4.02. The fourth-order valence-corrected chi connectivity index (χ4v) is 3.61. The van der Waals surface area contributed by atoms with E-state index < -0.39 is 5.91 Å². The summed E-state index contributed by atoms with van der Waals surface area (Å²) in [6.45, 7) is 9.19. The predicted octanol–water partition coefficient (Wildman–Crippen LogP) is 2.15. The van der Waals surface area contributed by atoms with Crippen LogP contribution in [0.3, 0.4) is 0 Å². The van der Waals surface area contributed by atoms with Crippen molar-refractivity contribution in [3.8, 4) is 0 Å². The zero-order valence-electron chi connectivity index (χ0n) is 14.7. The van der Waals surface area contributed by atoms with Crippen molar-refractivity contribution in [1.29, 1.82) is 0 Å². The smallest absolute Gasteiger partial charge is 0.250 e. The van der Waals surface area contributed by atoms with Crippen molar-refractivity contribution in [2.75, 3.05) is 18.0 Å². The van der Waals surface area contributed by atoms with Crippen molar-refractivity contribution in [2.45, 2.75) is 32.7 Å². The molecule has 0 bridgehead atoms. The summed E-state index contributed by atoms with van der Waals surface area (Å²) >= 11 is 0. The summed E-state index contributed by atoms with van der Waals surface area (Å²) in [6.07, 6.45) is 3.24.